The van der Waals surface area contributed by atoms with Gasteiger partial charge >= 0.3 is 0 Å². The Kier molecular flexibility index (Phi) is 5.77. The van der Waals surface area contributed by atoms with Crippen molar-refractivity contribution in [3.63, 3.8) is 0 Å². The molecule has 0 aromatic carbocycles. The first-order valence-corrected chi connectivity index (χ1v) is 6.95. The van der Waals surface area contributed by atoms with Crippen LogP contribution in [0.4, 0.5) is 5.95 Å². The fourth-order valence-electron chi connectivity index (χ4n) is 1.02. The molecular weight excluding hydrogens is 226 g/mol. The fraction of sp³-hybridized carbons (Fsp3) is 0.600. The summed E-state index contributed by atoms with van der Waals surface area (Å²) >= 11 is 0. The van der Waals surface area contributed by atoms with E-state index in [4.69, 9.17) is 4.74 Å². The quantitative estimate of drug-likeness (QED) is 0.775. The Balaban J connectivity index is 2.43. The first-order valence-electron chi connectivity index (χ1n) is 5.22. The first-order chi connectivity index (χ1) is 7.72. The van der Waals surface area contributed by atoms with Crippen LogP contribution in [0, 0.1) is 0 Å². The molecule has 0 radical (unpaired) electrons. The number of hydrogen-bond donors (Lipinski definition) is 1. The van der Waals surface area contributed by atoms with E-state index < -0.39 is 10.8 Å². The van der Waals surface area contributed by atoms with Gasteiger partial charge in [-0.05, 0) is 6.42 Å². The molecule has 1 atom stereocenters. The van der Waals surface area contributed by atoms with Gasteiger partial charge in [0, 0.05) is 41.6 Å². The second kappa shape index (κ2) is 7.16. The smallest absolute Gasteiger partial charge is 0.225 e. The van der Waals surface area contributed by atoms with Gasteiger partial charge in [-0.1, -0.05) is 6.92 Å². The maximum Gasteiger partial charge on any atom is 0.225 e. The van der Waals surface area contributed by atoms with Crippen LogP contribution in [0.3, 0.4) is 0 Å². The van der Waals surface area contributed by atoms with Crippen LogP contribution in [-0.2, 0) is 10.8 Å². The van der Waals surface area contributed by atoms with Gasteiger partial charge in [0.05, 0.1) is 6.61 Å². The summed E-state index contributed by atoms with van der Waals surface area (Å²) in [5.74, 6) is 1.67. The second-order valence-electron chi connectivity index (χ2n) is 3.27. The molecule has 0 aliphatic heterocycles. The number of ether oxygens (including phenoxy) is 1. The van der Waals surface area contributed by atoms with Crippen molar-refractivity contribution in [2.75, 3.05) is 30.5 Å². The van der Waals surface area contributed by atoms with Crippen LogP contribution < -0.4 is 10.1 Å². The van der Waals surface area contributed by atoms with Crippen LogP contribution in [0.2, 0.25) is 0 Å². The maximum absolute atomic E-state index is 10.8. The minimum atomic E-state index is -0.799. The molecule has 0 aliphatic rings. The summed E-state index contributed by atoms with van der Waals surface area (Å²) in [5.41, 5.74) is 0. The van der Waals surface area contributed by atoms with Crippen LogP contribution in [-0.4, -0.2) is 39.3 Å². The van der Waals surface area contributed by atoms with Gasteiger partial charge in [-0.15, -0.1) is 0 Å². The summed E-state index contributed by atoms with van der Waals surface area (Å²) in [6.07, 6.45) is 4.26. The van der Waals surface area contributed by atoms with E-state index in [0.29, 0.717) is 30.7 Å². The molecule has 1 heterocycles. The van der Waals surface area contributed by atoms with Crippen LogP contribution in [0.15, 0.2) is 12.3 Å². The molecular formula is C10H17N3O2S. The highest BCUT2D eigenvalue weighted by Crippen LogP contribution is 2.08. The molecule has 16 heavy (non-hydrogen) atoms. The standard InChI is InChI=1S/C10H17N3O2S/c1-3-7-15-9-4-5-11-10(13-9)12-6-8-16(2)14/h4-5H,3,6-8H2,1-2H3,(H,11,12,13). The van der Waals surface area contributed by atoms with Crippen molar-refractivity contribution < 1.29 is 8.95 Å². The van der Waals surface area contributed by atoms with Crippen LogP contribution >= 0.6 is 0 Å². The van der Waals surface area contributed by atoms with E-state index in [0.717, 1.165) is 6.42 Å². The van der Waals surface area contributed by atoms with Crippen molar-refractivity contribution >= 4 is 16.7 Å². The number of rotatable bonds is 7. The lowest BCUT2D eigenvalue weighted by Gasteiger charge is -2.06. The van der Waals surface area contributed by atoms with Gasteiger partial charge < -0.3 is 10.1 Å². The van der Waals surface area contributed by atoms with E-state index >= 15 is 0 Å². The fourth-order valence-corrected chi connectivity index (χ4v) is 1.41. The summed E-state index contributed by atoms with van der Waals surface area (Å²) in [6.45, 7) is 3.28. The molecule has 0 saturated carbocycles. The van der Waals surface area contributed by atoms with Gasteiger partial charge in [0.25, 0.3) is 0 Å². The lowest BCUT2D eigenvalue weighted by Crippen LogP contribution is -2.12. The SMILES string of the molecule is CCCOc1ccnc(NCCS(C)=O)n1. The Morgan fingerprint density at radius 2 is 2.38 bits per heavy atom. The van der Waals surface area contributed by atoms with E-state index in [-0.39, 0.29) is 0 Å². The zero-order valence-electron chi connectivity index (χ0n) is 9.60. The van der Waals surface area contributed by atoms with Crippen molar-refractivity contribution in [1.82, 2.24) is 9.97 Å². The number of anilines is 1. The van der Waals surface area contributed by atoms with Crippen molar-refractivity contribution in [3.05, 3.63) is 12.3 Å². The number of aromatic nitrogens is 2. The molecule has 0 fully saturated rings. The zero-order valence-corrected chi connectivity index (χ0v) is 10.4. The highest BCUT2D eigenvalue weighted by Gasteiger charge is 1.99. The molecule has 1 aromatic heterocycles. The predicted octanol–water partition coefficient (Wildman–Crippen LogP) is 1.06. The van der Waals surface area contributed by atoms with Gasteiger partial charge in [0.2, 0.25) is 11.8 Å². The molecule has 1 rings (SSSR count). The summed E-state index contributed by atoms with van der Waals surface area (Å²) in [6, 6.07) is 1.72. The molecule has 0 amide bonds. The van der Waals surface area contributed by atoms with Gasteiger partial charge in [-0.3, -0.25) is 4.21 Å². The van der Waals surface area contributed by atoms with Crippen molar-refractivity contribution in [1.29, 1.82) is 0 Å². The minimum Gasteiger partial charge on any atom is -0.478 e. The van der Waals surface area contributed by atoms with E-state index in [2.05, 4.69) is 15.3 Å². The van der Waals surface area contributed by atoms with E-state index in [1.54, 1.807) is 18.5 Å². The predicted molar refractivity (Wildman–Crippen MR) is 65.2 cm³/mol. The largest absolute Gasteiger partial charge is 0.478 e. The van der Waals surface area contributed by atoms with Crippen molar-refractivity contribution in [2.45, 2.75) is 13.3 Å². The summed E-state index contributed by atoms with van der Waals surface area (Å²) in [7, 11) is -0.799. The molecule has 1 unspecified atom stereocenters. The number of nitrogens with one attached hydrogen (secondary N) is 1. The topological polar surface area (TPSA) is 64.1 Å². The molecule has 90 valence electrons. The molecule has 5 nitrogen and oxygen atoms in total. The Morgan fingerprint density at radius 1 is 1.56 bits per heavy atom. The molecule has 1 N–H and O–H groups in total. The third-order valence-corrected chi connectivity index (χ3v) is 2.54. The van der Waals surface area contributed by atoms with Crippen LogP contribution in [0.5, 0.6) is 5.88 Å². The Bertz CT molecular complexity index is 347. The van der Waals surface area contributed by atoms with E-state index in [1.807, 2.05) is 6.92 Å². The lowest BCUT2D eigenvalue weighted by atomic mass is 10.5. The molecule has 0 spiro atoms. The third-order valence-electron chi connectivity index (χ3n) is 1.76. The van der Waals surface area contributed by atoms with Crippen molar-refractivity contribution in [3.8, 4) is 5.88 Å². The minimum absolute atomic E-state index is 0.513. The summed E-state index contributed by atoms with van der Waals surface area (Å²) in [4.78, 5) is 8.21. The summed E-state index contributed by atoms with van der Waals surface area (Å²) in [5, 5.41) is 3.00. The van der Waals surface area contributed by atoms with Gasteiger partial charge in [0.15, 0.2) is 0 Å². The Labute approximate surface area is 98.1 Å². The van der Waals surface area contributed by atoms with Gasteiger partial charge in [0.1, 0.15) is 0 Å². The highest BCUT2D eigenvalue weighted by atomic mass is 32.2. The van der Waals surface area contributed by atoms with E-state index in [9.17, 15) is 4.21 Å². The number of hydrogen-bond acceptors (Lipinski definition) is 5. The van der Waals surface area contributed by atoms with Crippen LogP contribution in [0.25, 0.3) is 0 Å². The molecule has 6 heteroatoms. The van der Waals surface area contributed by atoms with Crippen molar-refractivity contribution in [2.24, 2.45) is 0 Å². The van der Waals surface area contributed by atoms with Gasteiger partial charge in [-0.25, -0.2) is 4.98 Å². The highest BCUT2D eigenvalue weighted by molar-refractivity contribution is 7.84. The third kappa shape index (κ3) is 5.06. The average Bonchev–Trinajstić information content (AvgIpc) is 2.26. The molecule has 0 bridgehead atoms. The molecule has 0 saturated heterocycles. The zero-order chi connectivity index (χ0) is 11.8. The first kappa shape index (κ1) is 12.9. The normalized spacial score (nSPS) is 12.1. The Hall–Kier alpha value is -1.17. The molecule has 1 aromatic rings. The van der Waals surface area contributed by atoms with E-state index in [1.165, 1.54) is 0 Å². The van der Waals surface area contributed by atoms with Gasteiger partial charge in [-0.2, -0.15) is 4.98 Å². The maximum atomic E-state index is 10.8. The second-order valence-corrected chi connectivity index (χ2v) is 4.83. The summed E-state index contributed by atoms with van der Waals surface area (Å²) < 4.78 is 16.2. The monoisotopic (exact) mass is 243 g/mol. The average molecular weight is 243 g/mol. The lowest BCUT2D eigenvalue weighted by molar-refractivity contribution is 0.305. The molecule has 0 aliphatic carbocycles. The number of nitrogens with zero attached hydrogens (tertiary/aromatic N) is 2. The van der Waals surface area contributed by atoms with Crippen LogP contribution in [0.1, 0.15) is 13.3 Å². The Morgan fingerprint density at radius 3 is 3.06 bits per heavy atom.